The number of halogens is 1. The van der Waals surface area contributed by atoms with Crippen LogP contribution in [0, 0.1) is 0 Å². The van der Waals surface area contributed by atoms with Crippen LogP contribution in [-0.2, 0) is 11.3 Å². The Morgan fingerprint density at radius 3 is 2.69 bits per heavy atom. The van der Waals surface area contributed by atoms with Crippen LogP contribution in [0.4, 0.5) is 0 Å². The Kier molecular flexibility index (Phi) is 4.71. The number of rotatable bonds is 5. The SMILES string of the molecule is C=C(CN(C)Cc1ccccc1Br)C(=O)O. The molecule has 0 radical (unpaired) electrons. The highest BCUT2D eigenvalue weighted by Gasteiger charge is 2.09. The third-order valence-electron chi connectivity index (χ3n) is 2.16. The van der Waals surface area contributed by atoms with Gasteiger partial charge in [-0.05, 0) is 18.7 Å². The molecule has 0 aliphatic rings. The van der Waals surface area contributed by atoms with Crippen molar-refractivity contribution >= 4 is 21.9 Å². The van der Waals surface area contributed by atoms with Crippen LogP contribution in [0.5, 0.6) is 0 Å². The van der Waals surface area contributed by atoms with Gasteiger partial charge in [0.1, 0.15) is 0 Å². The third kappa shape index (κ3) is 3.79. The van der Waals surface area contributed by atoms with Crippen LogP contribution >= 0.6 is 15.9 Å². The fraction of sp³-hybridized carbons (Fsp3) is 0.250. The highest BCUT2D eigenvalue weighted by molar-refractivity contribution is 9.10. The molecule has 0 fully saturated rings. The molecule has 0 aliphatic carbocycles. The minimum atomic E-state index is -0.945. The lowest BCUT2D eigenvalue weighted by molar-refractivity contribution is -0.132. The van der Waals surface area contributed by atoms with Crippen molar-refractivity contribution in [1.29, 1.82) is 0 Å². The summed E-state index contributed by atoms with van der Waals surface area (Å²) in [4.78, 5) is 12.5. The Morgan fingerprint density at radius 1 is 1.50 bits per heavy atom. The number of hydrogen-bond acceptors (Lipinski definition) is 2. The van der Waals surface area contributed by atoms with E-state index in [9.17, 15) is 4.79 Å². The largest absolute Gasteiger partial charge is 0.478 e. The number of carbonyl (C=O) groups is 1. The van der Waals surface area contributed by atoms with Crippen LogP contribution in [0.15, 0.2) is 40.9 Å². The number of likely N-dealkylation sites (N-methyl/N-ethyl adjacent to an activating group) is 1. The summed E-state index contributed by atoms with van der Waals surface area (Å²) in [7, 11) is 1.87. The molecular weight excluding hydrogens is 270 g/mol. The Balaban J connectivity index is 2.58. The van der Waals surface area contributed by atoms with E-state index in [4.69, 9.17) is 5.11 Å². The number of benzene rings is 1. The highest BCUT2D eigenvalue weighted by atomic mass is 79.9. The highest BCUT2D eigenvalue weighted by Crippen LogP contribution is 2.17. The summed E-state index contributed by atoms with van der Waals surface area (Å²) in [6.45, 7) is 4.55. The maximum absolute atomic E-state index is 10.6. The summed E-state index contributed by atoms with van der Waals surface area (Å²) in [5, 5.41) is 8.72. The van der Waals surface area contributed by atoms with E-state index in [1.807, 2.05) is 36.2 Å². The molecule has 0 amide bonds. The Bertz CT molecular complexity index is 404. The van der Waals surface area contributed by atoms with Gasteiger partial charge in [-0.2, -0.15) is 0 Å². The molecular formula is C12H14BrNO2. The Morgan fingerprint density at radius 2 is 2.12 bits per heavy atom. The average Bonchev–Trinajstić information content (AvgIpc) is 2.21. The van der Waals surface area contributed by atoms with E-state index in [0.717, 1.165) is 10.0 Å². The second-order valence-corrected chi connectivity index (χ2v) is 4.53. The molecule has 1 aromatic rings. The van der Waals surface area contributed by atoms with E-state index in [-0.39, 0.29) is 5.57 Å². The molecule has 0 saturated carbocycles. The molecule has 4 heteroatoms. The smallest absolute Gasteiger partial charge is 0.332 e. The van der Waals surface area contributed by atoms with E-state index < -0.39 is 5.97 Å². The molecule has 0 unspecified atom stereocenters. The summed E-state index contributed by atoms with van der Waals surface area (Å²) >= 11 is 3.45. The van der Waals surface area contributed by atoms with Gasteiger partial charge in [0.2, 0.25) is 0 Å². The zero-order valence-electron chi connectivity index (χ0n) is 9.11. The first kappa shape index (κ1) is 12.9. The zero-order valence-corrected chi connectivity index (χ0v) is 10.7. The quantitative estimate of drug-likeness (QED) is 0.845. The molecule has 0 aromatic heterocycles. The van der Waals surface area contributed by atoms with Crippen LogP contribution < -0.4 is 0 Å². The molecule has 1 rings (SSSR count). The van der Waals surface area contributed by atoms with Gasteiger partial charge in [-0.3, -0.25) is 4.90 Å². The number of carboxylic acid groups (broad SMARTS) is 1. The third-order valence-corrected chi connectivity index (χ3v) is 2.93. The van der Waals surface area contributed by atoms with E-state index in [0.29, 0.717) is 13.1 Å². The summed E-state index contributed by atoms with van der Waals surface area (Å²) in [6.07, 6.45) is 0. The van der Waals surface area contributed by atoms with Crippen molar-refractivity contribution in [3.63, 3.8) is 0 Å². The van der Waals surface area contributed by atoms with Crippen molar-refractivity contribution in [2.75, 3.05) is 13.6 Å². The van der Waals surface area contributed by atoms with Crippen LogP contribution in [-0.4, -0.2) is 29.6 Å². The molecule has 0 spiro atoms. The molecule has 1 aromatic carbocycles. The predicted molar refractivity (Wildman–Crippen MR) is 67.3 cm³/mol. The zero-order chi connectivity index (χ0) is 12.1. The molecule has 0 atom stereocenters. The molecule has 0 bridgehead atoms. The van der Waals surface area contributed by atoms with Gasteiger partial charge >= 0.3 is 5.97 Å². The van der Waals surface area contributed by atoms with E-state index >= 15 is 0 Å². The Labute approximate surface area is 104 Å². The van der Waals surface area contributed by atoms with Gasteiger partial charge in [0.25, 0.3) is 0 Å². The van der Waals surface area contributed by atoms with Crippen LogP contribution in [0.2, 0.25) is 0 Å². The van der Waals surface area contributed by atoms with Gasteiger partial charge in [0.15, 0.2) is 0 Å². The normalized spacial score (nSPS) is 10.4. The van der Waals surface area contributed by atoms with Gasteiger partial charge in [-0.15, -0.1) is 0 Å². The van der Waals surface area contributed by atoms with Crippen molar-refractivity contribution < 1.29 is 9.90 Å². The van der Waals surface area contributed by atoms with E-state index in [1.165, 1.54) is 0 Å². The van der Waals surface area contributed by atoms with Gasteiger partial charge in [-0.25, -0.2) is 4.79 Å². The minimum absolute atomic E-state index is 0.203. The van der Waals surface area contributed by atoms with Crippen molar-refractivity contribution in [1.82, 2.24) is 4.90 Å². The van der Waals surface area contributed by atoms with E-state index in [2.05, 4.69) is 22.5 Å². The van der Waals surface area contributed by atoms with Crippen LogP contribution in [0.3, 0.4) is 0 Å². The Hall–Kier alpha value is -1.13. The molecule has 16 heavy (non-hydrogen) atoms. The topological polar surface area (TPSA) is 40.5 Å². The van der Waals surface area contributed by atoms with Crippen LogP contribution in [0.1, 0.15) is 5.56 Å². The number of aliphatic carboxylic acids is 1. The summed E-state index contributed by atoms with van der Waals surface area (Å²) in [5.74, 6) is -0.945. The average molecular weight is 284 g/mol. The van der Waals surface area contributed by atoms with Gasteiger partial charge in [0.05, 0.1) is 0 Å². The number of carboxylic acids is 1. The molecule has 1 N–H and O–H groups in total. The van der Waals surface area contributed by atoms with Crippen molar-refractivity contribution in [3.05, 3.63) is 46.5 Å². The van der Waals surface area contributed by atoms with Gasteiger partial charge in [-0.1, -0.05) is 40.7 Å². The van der Waals surface area contributed by atoms with Crippen molar-refractivity contribution in [2.45, 2.75) is 6.54 Å². The lowest BCUT2D eigenvalue weighted by Crippen LogP contribution is -2.23. The van der Waals surface area contributed by atoms with Crippen LogP contribution in [0.25, 0.3) is 0 Å². The second-order valence-electron chi connectivity index (χ2n) is 3.67. The molecule has 3 nitrogen and oxygen atoms in total. The minimum Gasteiger partial charge on any atom is -0.478 e. The summed E-state index contributed by atoms with van der Waals surface area (Å²) in [5.41, 5.74) is 1.33. The first-order valence-electron chi connectivity index (χ1n) is 4.83. The standard InChI is InChI=1S/C12H14BrNO2/c1-9(12(15)16)7-14(2)8-10-5-3-4-6-11(10)13/h3-6H,1,7-8H2,2H3,(H,15,16). The molecule has 0 saturated heterocycles. The molecule has 0 heterocycles. The maximum Gasteiger partial charge on any atom is 0.332 e. The second kappa shape index (κ2) is 5.82. The maximum atomic E-state index is 10.6. The molecule has 86 valence electrons. The summed E-state index contributed by atoms with van der Waals surface area (Å²) < 4.78 is 1.03. The fourth-order valence-corrected chi connectivity index (χ4v) is 1.78. The van der Waals surface area contributed by atoms with Crippen molar-refractivity contribution in [3.8, 4) is 0 Å². The van der Waals surface area contributed by atoms with Crippen molar-refractivity contribution in [2.24, 2.45) is 0 Å². The monoisotopic (exact) mass is 283 g/mol. The van der Waals surface area contributed by atoms with Gasteiger partial charge in [0, 0.05) is 23.1 Å². The number of nitrogens with zero attached hydrogens (tertiary/aromatic N) is 1. The fourth-order valence-electron chi connectivity index (χ4n) is 1.37. The lowest BCUT2D eigenvalue weighted by Gasteiger charge is -2.17. The lowest BCUT2D eigenvalue weighted by atomic mass is 10.2. The van der Waals surface area contributed by atoms with E-state index in [1.54, 1.807) is 0 Å². The number of hydrogen-bond donors (Lipinski definition) is 1. The first-order valence-corrected chi connectivity index (χ1v) is 5.63. The summed E-state index contributed by atoms with van der Waals surface area (Å²) in [6, 6.07) is 7.88. The van der Waals surface area contributed by atoms with Gasteiger partial charge < -0.3 is 5.11 Å². The molecule has 0 aliphatic heterocycles. The first-order chi connectivity index (χ1) is 7.50. The predicted octanol–water partition coefficient (Wildman–Crippen LogP) is 2.52.